The Morgan fingerprint density at radius 3 is 2.56 bits per heavy atom. The number of amides is 1. The predicted octanol–water partition coefficient (Wildman–Crippen LogP) is 3.81. The lowest BCUT2D eigenvalue weighted by Gasteiger charge is -2.22. The van der Waals surface area contributed by atoms with Crippen LogP contribution in [0.5, 0.6) is 0 Å². The molecule has 1 unspecified atom stereocenters. The Labute approximate surface area is 193 Å². The number of H-pyrrole nitrogens is 1. The van der Waals surface area contributed by atoms with E-state index < -0.39 is 11.6 Å². The molecule has 1 fully saturated rings. The van der Waals surface area contributed by atoms with E-state index in [1.54, 1.807) is 12.3 Å². The van der Waals surface area contributed by atoms with Crippen molar-refractivity contribution in [2.45, 2.75) is 38.8 Å². The van der Waals surface area contributed by atoms with Gasteiger partial charge >= 0.3 is 0 Å². The van der Waals surface area contributed by atoms with Crippen molar-refractivity contribution in [1.82, 2.24) is 19.3 Å². The van der Waals surface area contributed by atoms with Gasteiger partial charge in [-0.05, 0) is 49.6 Å². The number of aromatic nitrogens is 3. The van der Waals surface area contributed by atoms with Crippen LogP contribution in [0.25, 0.3) is 16.6 Å². The third-order valence-corrected chi connectivity index (χ3v) is 6.91. The van der Waals surface area contributed by atoms with Crippen molar-refractivity contribution in [3.05, 3.63) is 80.5 Å². The first kappa shape index (κ1) is 21.0. The van der Waals surface area contributed by atoms with Crippen LogP contribution in [0.4, 0.5) is 8.78 Å². The summed E-state index contributed by atoms with van der Waals surface area (Å²) < 4.78 is 35.9. The summed E-state index contributed by atoms with van der Waals surface area (Å²) in [6.45, 7) is 3.08. The number of nitrogens with zero attached hydrogens (tertiary/aromatic N) is 3. The predicted molar refractivity (Wildman–Crippen MR) is 121 cm³/mol. The minimum atomic E-state index is -0.520. The molecule has 1 amide bonds. The molecule has 0 bridgehead atoms. The minimum Gasteiger partial charge on any atom is -0.381 e. The summed E-state index contributed by atoms with van der Waals surface area (Å²) in [4.78, 5) is 35.0. The molecule has 0 radical (unpaired) electrons. The maximum atomic E-state index is 14.2. The van der Waals surface area contributed by atoms with Crippen LogP contribution in [0.15, 0.2) is 35.3 Å². The second-order valence-corrected chi connectivity index (χ2v) is 9.04. The first-order valence-electron chi connectivity index (χ1n) is 11.3. The van der Waals surface area contributed by atoms with E-state index in [9.17, 15) is 18.4 Å². The van der Waals surface area contributed by atoms with Crippen molar-refractivity contribution >= 4 is 22.5 Å². The summed E-state index contributed by atoms with van der Waals surface area (Å²) in [5.74, 6) is -0.538. The number of aryl methyl sites for hydroxylation is 1. The summed E-state index contributed by atoms with van der Waals surface area (Å²) in [6.07, 6.45) is 3.42. The van der Waals surface area contributed by atoms with Crippen LogP contribution in [-0.4, -0.2) is 38.4 Å². The second-order valence-electron chi connectivity index (χ2n) is 9.04. The molecular formula is C25H22F2N4O3. The van der Waals surface area contributed by atoms with Crippen LogP contribution in [0.1, 0.15) is 51.6 Å². The molecule has 9 heteroatoms. The van der Waals surface area contributed by atoms with E-state index >= 15 is 0 Å². The highest BCUT2D eigenvalue weighted by atomic mass is 19.1. The van der Waals surface area contributed by atoms with Crippen molar-refractivity contribution < 1.29 is 18.3 Å². The van der Waals surface area contributed by atoms with Gasteiger partial charge in [-0.25, -0.2) is 13.8 Å². The van der Waals surface area contributed by atoms with Gasteiger partial charge in [0.1, 0.15) is 23.0 Å². The van der Waals surface area contributed by atoms with Crippen LogP contribution in [0.3, 0.4) is 0 Å². The van der Waals surface area contributed by atoms with Crippen molar-refractivity contribution in [3.63, 3.8) is 0 Å². The molecule has 2 aliphatic rings. The highest BCUT2D eigenvalue weighted by Crippen LogP contribution is 2.31. The van der Waals surface area contributed by atoms with Crippen molar-refractivity contribution in [1.29, 1.82) is 0 Å². The van der Waals surface area contributed by atoms with Gasteiger partial charge in [-0.2, -0.15) is 0 Å². The Hall–Kier alpha value is -3.59. The van der Waals surface area contributed by atoms with E-state index in [1.165, 1.54) is 4.90 Å². The van der Waals surface area contributed by atoms with Gasteiger partial charge in [0.25, 0.3) is 11.5 Å². The minimum absolute atomic E-state index is 0.00184. The van der Waals surface area contributed by atoms with Gasteiger partial charge in [-0.15, -0.1) is 0 Å². The van der Waals surface area contributed by atoms with E-state index in [-0.39, 0.29) is 41.6 Å². The Balaban J connectivity index is 1.44. The number of rotatable bonds is 2. The van der Waals surface area contributed by atoms with Crippen LogP contribution < -0.4 is 5.56 Å². The Kier molecular flexibility index (Phi) is 4.77. The van der Waals surface area contributed by atoms with Gasteiger partial charge in [-0.1, -0.05) is 0 Å². The number of nitrogens with one attached hydrogen (secondary N) is 1. The topological polar surface area (TPSA) is 79.7 Å². The fraction of sp³-hybridized carbons (Fsp3) is 0.320. The van der Waals surface area contributed by atoms with Gasteiger partial charge in [0.05, 0.1) is 23.8 Å². The molecule has 2 aromatic heterocycles. The highest BCUT2D eigenvalue weighted by Gasteiger charge is 2.30. The first-order chi connectivity index (χ1) is 16.4. The largest absolute Gasteiger partial charge is 0.381 e. The molecule has 1 N–H and O–H groups in total. The zero-order chi connectivity index (χ0) is 23.6. The molecule has 6 rings (SSSR count). The average Bonchev–Trinajstić information content (AvgIpc) is 3.49. The van der Waals surface area contributed by atoms with Crippen molar-refractivity contribution in [2.75, 3.05) is 13.2 Å². The number of halogens is 2. The summed E-state index contributed by atoms with van der Waals surface area (Å²) >= 11 is 0. The van der Waals surface area contributed by atoms with E-state index in [1.807, 2.05) is 17.4 Å². The molecule has 1 atom stereocenters. The molecular weight excluding hydrogens is 442 g/mol. The SMILES string of the molecule is Cc1cc2c(cc1C(=O)N1Cc3c(F)ccc(F)c3C1)[nH]c(=O)c1cnc(C3CCCOC3)n12. The number of carbonyl (C=O) groups is 1. The van der Waals surface area contributed by atoms with Crippen LogP contribution >= 0.6 is 0 Å². The fourth-order valence-electron chi connectivity index (χ4n) is 5.14. The molecule has 2 aliphatic heterocycles. The summed E-state index contributed by atoms with van der Waals surface area (Å²) in [6, 6.07) is 5.66. The first-order valence-corrected chi connectivity index (χ1v) is 11.3. The number of ether oxygens (including phenoxy) is 1. The lowest BCUT2D eigenvalue weighted by atomic mass is 10.0. The number of hydrogen-bond donors (Lipinski definition) is 1. The van der Waals surface area contributed by atoms with Crippen LogP contribution in [0.2, 0.25) is 0 Å². The molecule has 2 aromatic carbocycles. The summed E-state index contributed by atoms with van der Waals surface area (Å²) in [7, 11) is 0. The van der Waals surface area contributed by atoms with Crippen molar-refractivity contribution in [2.24, 2.45) is 0 Å². The Morgan fingerprint density at radius 1 is 1.15 bits per heavy atom. The second kappa shape index (κ2) is 7.73. The standard InChI is InChI=1S/C25H22F2N4O3/c1-13-7-21-20(29-24(32)22-9-28-23(31(21)22)14-3-2-6-34-12-14)8-15(13)25(33)30-10-16-17(11-30)19(27)5-4-18(16)26/h4-5,7-9,14H,2-3,6,10-12H2,1H3,(H,29,32). The van der Waals surface area contributed by atoms with Gasteiger partial charge in [-0.3, -0.25) is 14.0 Å². The number of benzene rings is 2. The third-order valence-electron chi connectivity index (χ3n) is 6.91. The zero-order valence-electron chi connectivity index (χ0n) is 18.5. The molecule has 7 nitrogen and oxygen atoms in total. The monoisotopic (exact) mass is 464 g/mol. The lowest BCUT2D eigenvalue weighted by molar-refractivity contribution is 0.0749. The van der Waals surface area contributed by atoms with Gasteiger partial charge < -0.3 is 14.6 Å². The molecule has 4 aromatic rings. The van der Waals surface area contributed by atoms with Crippen LogP contribution in [-0.2, 0) is 17.8 Å². The smallest absolute Gasteiger partial charge is 0.274 e. The number of carbonyl (C=O) groups excluding carboxylic acids is 1. The van der Waals surface area contributed by atoms with Gasteiger partial charge in [0.2, 0.25) is 0 Å². The maximum absolute atomic E-state index is 14.2. The van der Waals surface area contributed by atoms with E-state index in [0.29, 0.717) is 28.8 Å². The molecule has 1 saturated heterocycles. The molecule has 34 heavy (non-hydrogen) atoms. The third kappa shape index (κ3) is 3.14. The number of fused-ring (bicyclic) bond motifs is 4. The Morgan fingerprint density at radius 2 is 1.88 bits per heavy atom. The number of hydrogen-bond acceptors (Lipinski definition) is 4. The quantitative estimate of drug-likeness (QED) is 0.489. The van der Waals surface area contributed by atoms with E-state index in [4.69, 9.17) is 4.74 Å². The molecule has 0 spiro atoms. The van der Waals surface area contributed by atoms with Gasteiger partial charge in [0, 0.05) is 42.3 Å². The molecule has 0 saturated carbocycles. The zero-order valence-corrected chi connectivity index (χ0v) is 18.5. The summed E-state index contributed by atoms with van der Waals surface area (Å²) in [5.41, 5.74) is 2.86. The fourth-order valence-corrected chi connectivity index (χ4v) is 5.14. The van der Waals surface area contributed by atoms with Crippen molar-refractivity contribution in [3.8, 4) is 0 Å². The number of imidazole rings is 1. The number of aromatic amines is 1. The Bertz CT molecular complexity index is 1500. The highest BCUT2D eigenvalue weighted by molar-refractivity contribution is 5.99. The molecule has 0 aliphatic carbocycles. The van der Waals surface area contributed by atoms with Crippen LogP contribution in [0, 0.1) is 18.6 Å². The van der Waals surface area contributed by atoms with E-state index in [0.717, 1.165) is 42.9 Å². The normalized spacial score (nSPS) is 18.1. The molecule has 4 heterocycles. The summed E-state index contributed by atoms with van der Waals surface area (Å²) in [5, 5.41) is 0. The lowest BCUT2D eigenvalue weighted by Crippen LogP contribution is -2.26. The molecule has 174 valence electrons. The maximum Gasteiger partial charge on any atom is 0.274 e. The van der Waals surface area contributed by atoms with E-state index in [2.05, 4.69) is 9.97 Å². The average molecular weight is 464 g/mol. The van der Waals surface area contributed by atoms with Gasteiger partial charge in [0.15, 0.2) is 0 Å².